The number of nitrogens with zero attached hydrogens (tertiary/aromatic N) is 2. The smallest absolute Gasteiger partial charge is 0.267 e. The summed E-state index contributed by atoms with van der Waals surface area (Å²) in [5.74, 6) is -0.218. The van der Waals surface area contributed by atoms with Crippen LogP contribution in [-0.2, 0) is 10.0 Å². The van der Waals surface area contributed by atoms with E-state index in [1.807, 2.05) is 4.90 Å². The van der Waals surface area contributed by atoms with E-state index in [-0.39, 0.29) is 28.7 Å². The van der Waals surface area contributed by atoms with Crippen molar-refractivity contribution in [3.05, 3.63) is 70.7 Å². The average molecular weight is 476 g/mol. The Morgan fingerprint density at radius 3 is 2.47 bits per heavy atom. The molecule has 1 saturated heterocycles. The summed E-state index contributed by atoms with van der Waals surface area (Å²) < 4.78 is 46.3. The van der Waals surface area contributed by atoms with Gasteiger partial charge in [-0.05, 0) is 47.8 Å². The van der Waals surface area contributed by atoms with Crippen molar-refractivity contribution < 1.29 is 22.3 Å². The number of rotatable bonds is 6. The monoisotopic (exact) mass is 475 g/mol. The first kappa shape index (κ1) is 22.3. The van der Waals surface area contributed by atoms with Gasteiger partial charge in [-0.15, -0.1) is 11.3 Å². The molecule has 4 rings (SSSR count). The van der Waals surface area contributed by atoms with Crippen molar-refractivity contribution in [2.45, 2.75) is 4.90 Å². The van der Waals surface area contributed by atoms with Gasteiger partial charge < -0.3 is 15.0 Å². The Bertz CT molecular complexity index is 1200. The van der Waals surface area contributed by atoms with Crippen LogP contribution in [0.4, 0.5) is 15.8 Å². The highest BCUT2D eigenvalue weighted by atomic mass is 32.2. The van der Waals surface area contributed by atoms with Crippen molar-refractivity contribution in [3.63, 3.8) is 0 Å². The minimum atomic E-state index is -3.84. The fourth-order valence-corrected chi connectivity index (χ4v) is 6.25. The molecule has 1 aliphatic heterocycles. The van der Waals surface area contributed by atoms with Gasteiger partial charge in [-0.1, -0.05) is 6.07 Å². The Kier molecular flexibility index (Phi) is 6.45. The quantitative estimate of drug-likeness (QED) is 0.589. The molecule has 0 bridgehead atoms. The van der Waals surface area contributed by atoms with E-state index in [4.69, 9.17) is 4.74 Å². The van der Waals surface area contributed by atoms with Gasteiger partial charge in [-0.3, -0.25) is 4.79 Å². The molecule has 1 aromatic heterocycles. The van der Waals surface area contributed by atoms with Crippen LogP contribution in [0.3, 0.4) is 0 Å². The van der Waals surface area contributed by atoms with Crippen LogP contribution in [0.15, 0.2) is 64.9 Å². The van der Waals surface area contributed by atoms with Crippen molar-refractivity contribution in [1.82, 2.24) is 4.31 Å². The van der Waals surface area contributed by atoms with Gasteiger partial charge in [-0.2, -0.15) is 4.31 Å². The Hall–Kier alpha value is -2.95. The van der Waals surface area contributed by atoms with Gasteiger partial charge in [0.1, 0.15) is 21.3 Å². The fraction of sp³-hybridized carbons (Fsp3) is 0.227. The Morgan fingerprint density at radius 2 is 1.78 bits per heavy atom. The van der Waals surface area contributed by atoms with E-state index in [0.29, 0.717) is 24.5 Å². The molecule has 0 unspecified atom stereocenters. The summed E-state index contributed by atoms with van der Waals surface area (Å²) in [6.45, 7) is 1.49. The summed E-state index contributed by atoms with van der Waals surface area (Å²) in [6.07, 6.45) is 0. The van der Waals surface area contributed by atoms with Gasteiger partial charge in [0.15, 0.2) is 0 Å². The molecule has 0 saturated carbocycles. The lowest BCUT2D eigenvalue weighted by atomic mass is 10.2. The van der Waals surface area contributed by atoms with Gasteiger partial charge in [0.05, 0.1) is 7.11 Å². The first-order chi connectivity index (χ1) is 15.4. The molecule has 168 valence electrons. The zero-order valence-corrected chi connectivity index (χ0v) is 19.0. The van der Waals surface area contributed by atoms with Crippen molar-refractivity contribution in [1.29, 1.82) is 0 Å². The molecule has 10 heteroatoms. The number of piperazine rings is 1. The molecule has 32 heavy (non-hydrogen) atoms. The molecule has 1 amide bonds. The second kappa shape index (κ2) is 9.27. The number of hydrogen-bond donors (Lipinski definition) is 1. The zero-order valence-electron chi connectivity index (χ0n) is 17.3. The maximum Gasteiger partial charge on any atom is 0.267 e. The number of benzene rings is 2. The van der Waals surface area contributed by atoms with E-state index < -0.39 is 15.9 Å². The maximum absolute atomic E-state index is 13.3. The summed E-state index contributed by atoms with van der Waals surface area (Å²) in [5, 5.41) is 4.34. The molecular weight excluding hydrogens is 453 g/mol. The van der Waals surface area contributed by atoms with Gasteiger partial charge in [0.2, 0.25) is 10.0 Å². The number of ether oxygens (including phenoxy) is 1. The minimum absolute atomic E-state index is 0.00173. The number of carbonyl (C=O) groups excluding carboxylic acids is 1. The van der Waals surface area contributed by atoms with Crippen LogP contribution in [0.2, 0.25) is 0 Å². The predicted octanol–water partition coefficient (Wildman–Crippen LogP) is 3.66. The number of methoxy groups -OCH3 is 1. The van der Waals surface area contributed by atoms with Crippen LogP contribution >= 0.6 is 11.3 Å². The zero-order chi connectivity index (χ0) is 22.7. The number of amides is 1. The van der Waals surface area contributed by atoms with E-state index >= 15 is 0 Å². The second-order valence-electron chi connectivity index (χ2n) is 7.17. The SMILES string of the molecule is COc1cccc(NC(=O)c2sccc2S(=O)(=O)N2CCN(c3ccc(F)cc3)CC2)c1. The van der Waals surface area contributed by atoms with Crippen LogP contribution < -0.4 is 15.0 Å². The number of sulfonamides is 1. The van der Waals surface area contributed by atoms with E-state index in [1.54, 1.807) is 41.8 Å². The Labute approximate surface area is 190 Å². The summed E-state index contributed by atoms with van der Waals surface area (Å²) in [7, 11) is -2.31. The van der Waals surface area contributed by atoms with E-state index in [0.717, 1.165) is 17.0 Å². The molecule has 0 aliphatic carbocycles. The average Bonchev–Trinajstić information content (AvgIpc) is 3.31. The van der Waals surface area contributed by atoms with Crippen LogP contribution in [0.1, 0.15) is 9.67 Å². The lowest BCUT2D eigenvalue weighted by molar-refractivity contribution is 0.102. The molecule has 0 spiro atoms. The third kappa shape index (κ3) is 4.62. The lowest BCUT2D eigenvalue weighted by Gasteiger charge is -2.35. The highest BCUT2D eigenvalue weighted by Gasteiger charge is 2.32. The topological polar surface area (TPSA) is 78.9 Å². The molecular formula is C22H22FN3O4S2. The summed E-state index contributed by atoms with van der Waals surface area (Å²) in [5.41, 5.74) is 1.36. The van der Waals surface area contributed by atoms with Crippen LogP contribution in [-0.4, -0.2) is 51.9 Å². The van der Waals surface area contributed by atoms with Gasteiger partial charge >= 0.3 is 0 Å². The first-order valence-electron chi connectivity index (χ1n) is 9.92. The summed E-state index contributed by atoms with van der Waals surface area (Å²) in [4.78, 5) is 15.0. The number of carbonyl (C=O) groups is 1. The first-order valence-corrected chi connectivity index (χ1v) is 12.2. The number of thiophene rings is 1. The number of hydrogen-bond acceptors (Lipinski definition) is 6. The molecule has 3 aromatic rings. The number of halogens is 1. The molecule has 2 heterocycles. The van der Waals surface area contributed by atoms with Gasteiger partial charge in [0, 0.05) is 43.6 Å². The highest BCUT2D eigenvalue weighted by molar-refractivity contribution is 7.89. The Morgan fingerprint density at radius 1 is 1.06 bits per heavy atom. The van der Waals surface area contributed by atoms with E-state index in [9.17, 15) is 17.6 Å². The molecule has 1 N–H and O–H groups in total. The molecule has 0 atom stereocenters. The molecule has 1 aliphatic rings. The third-order valence-corrected chi connectivity index (χ3v) is 8.19. The largest absolute Gasteiger partial charge is 0.497 e. The van der Waals surface area contributed by atoms with E-state index in [2.05, 4.69) is 5.32 Å². The normalized spacial score (nSPS) is 14.9. The lowest BCUT2D eigenvalue weighted by Crippen LogP contribution is -2.48. The summed E-state index contributed by atoms with van der Waals surface area (Å²) in [6, 6.07) is 14.5. The van der Waals surface area contributed by atoms with Crippen molar-refractivity contribution in [3.8, 4) is 5.75 Å². The van der Waals surface area contributed by atoms with Gasteiger partial charge in [0.25, 0.3) is 5.91 Å². The van der Waals surface area contributed by atoms with Crippen molar-refractivity contribution in [2.24, 2.45) is 0 Å². The standard InChI is InChI=1S/C22H22FN3O4S2/c1-30-19-4-2-3-17(15-19)24-22(27)21-20(9-14-31-21)32(28,29)26-12-10-25(11-13-26)18-7-5-16(23)6-8-18/h2-9,14-15H,10-13H2,1H3,(H,24,27). The highest BCUT2D eigenvalue weighted by Crippen LogP contribution is 2.28. The molecule has 1 fully saturated rings. The maximum atomic E-state index is 13.3. The van der Waals surface area contributed by atoms with Crippen LogP contribution in [0.5, 0.6) is 5.75 Å². The van der Waals surface area contributed by atoms with Crippen molar-refractivity contribution >= 4 is 38.6 Å². The van der Waals surface area contributed by atoms with Gasteiger partial charge in [-0.25, -0.2) is 12.8 Å². The van der Waals surface area contributed by atoms with Crippen LogP contribution in [0.25, 0.3) is 0 Å². The minimum Gasteiger partial charge on any atom is -0.497 e. The molecule has 0 radical (unpaired) electrons. The molecule has 2 aromatic carbocycles. The third-order valence-electron chi connectivity index (χ3n) is 5.21. The summed E-state index contributed by atoms with van der Waals surface area (Å²) >= 11 is 1.08. The second-order valence-corrected chi connectivity index (χ2v) is 9.99. The predicted molar refractivity (Wildman–Crippen MR) is 123 cm³/mol. The molecule has 7 nitrogen and oxygen atoms in total. The van der Waals surface area contributed by atoms with Crippen molar-refractivity contribution in [2.75, 3.05) is 43.5 Å². The Balaban J connectivity index is 1.47. The number of nitrogens with one attached hydrogen (secondary N) is 1. The van der Waals surface area contributed by atoms with Crippen LogP contribution in [0, 0.1) is 5.82 Å². The number of anilines is 2. The fourth-order valence-electron chi connectivity index (χ4n) is 3.53. The van der Waals surface area contributed by atoms with E-state index in [1.165, 1.54) is 29.6 Å².